The van der Waals surface area contributed by atoms with Crippen molar-refractivity contribution in [1.82, 2.24) is 5.32 Å². The highest BCUT2D eigenvalue weighted by Crippen LogP contribution is 2.13. The number of rotatable bonds is 7. The van der Waals surface area contributed by atoms with Gasteiger partial charge >= 0.3 is 0 Å². The molecule has 0 aliphatic heterocycles. The Hall–Kier alpha value is -1.22. The summed E-state index contributed by atoms with van der Waals surface area (Å²) in [5, 5.41) is 2.85. The lowest BCUT2D eigenvalue weighted by Crippen LogP contribution is -2.22. The number of hydrogen-bond acceptors (Lipinski definition) is 2. The number of benzene rings is 1. The van der Waals surface area contributed by atoms with E-state index < -0.39 is 0 Å². The predicted molar refractivity (Wildman–Crippen MR) is 69.4 cm³/mol. The van der Waals surface area contributed by atoms with Crippen molar-refractivity contribution in [2.24, 2.45) is 0 Å². The molecule has 0 saturated carbocycles. The van der Waals surface area contributed by atoms with Gasteiger partial charge in [-0.1, -0.05) is 12.1 Å². The summed E-state index contributed by atoms with van der Waals surface area (Å²) in [4.78, 5) is 11.4. The van der Waals surface area contributed by atoms with Gasteiger partial charge in [-0.05, 0) is 31.0 Å². The van der Waals surface area contributed by atoms with Gasteiger partial charge < -0.3 is 10.1 Å². The third kappa shape index (κ3) is 5.59. The van der Waals surface area contributed by atoms with E-state index >= 15 is 0 Å². The first-order valence-corrected chi connectivity index (χ1v) is 6.34. The lowest BCUT2D eigenvalue weighted by molar-refractivity contribution is -0.121. The highest BCUT2D eigenvalue weighted by Gasteiger charge is 2.01. The fourth-order valence-corrected chi connectivity index (χ4v) is 1.56. The number of carbonyl (C=O) groups excluding carboxylic acids is 1. The van der Waals surface area contributed by atoms with Crippen molar-refractivity contribution in [3.8, 4) is 5.75 Å². The Bertz CT molecular complexity index is 355. The van der Waals surface area contributed by atoms with Crippen LogP contribution in [0.3, 0.4) is 0 Å². The molecule has 0 aliphatic carbocycles. The van der Waals surface area contributed by atoms with Crippen LogP contribution in [-0.2, 0) is 11.3 Å². The van der Waals surface area contributed by atoms with Crippen LogP contribution in [0.2, 0.25) is 0 Å². The Morgan fingerprint density at radius 3 is 3.00 bits per heavy atom. The summed E-state index contributed by atoms with van der Waals surface area (Å²) >= 11 is 5.52. The summed E-state index contributed by atoms with van der Waals surface area (Å²) in [5.74, 6) is 1.39. The highest BCUT2D eigenvalue weighted by molar-refractivity contribution is 6.17. The molecule has 1 N–H and O–H groups in total. The summed E-state index contributed by atoms with van der Waals surface area (Å²) in [7, 11) is 0. The molecule has 1 aromatic carbocycles. The summed E-state index contributed by atoms with van der Waals surface area (Å²) in [6.07, 6.45) is 1.20. The normalized spacial score (nSPS) is 10.0. The van der Waals surface area contributed by atoms with Gasteiger partial charge in [0.05, 0.1) is 6.61 Å². The fraction of sp³-hybridized carbons (Fsp3) is 0.462. The van der Waals surface area contributed by atoms with E-state index in [1.54, 1.807) is 0 Å². The minimum atomic E-state index is 0.0347. The standard InChI is InChI=1S/C13H18ClNO2/c1-2-17-12-6-3-5-11(9-12)10-15-13(16)7-4-8-14/h3,5-6,9H,2,4,7-8,10H2,1H3,(H,15,16). The van der Waals surface area contributed by atoms with Crippen LogP contribution in [0.1, 0.15) is 25.3 Å². The second-order valence-electron chi connectivity index (χ2n) is 3.65. The quantitative estimate of drug-likeness (QED) is 0.761. The number of alkyl halides is 1. The largest absolute Gasteiger partial charge is 0.494 e. The van der Waals surface area contributed by atoms with Crippen molar-refractivity contribution in [2.45, 2.75) is 26.3 Å². The maximum Gasteiger partial charge on any atom is 0.220 e. The van der Waals surface area contributed by atoms with Crippen LogP contribution >= 0.6 is 11.6 Å². The predicted octanol–water partition coefficient (Wildman–Crippen LogP) is 2.72. The average molecular weight is 256 g/mol. The monoisotopic (exact) mass is 255 g/mol. The summed E-state index contributed by atoms with van der Waals surface area (Å²) < 4.78 is 5.39. The third-order valence-corrected chi connectivity index (χ3v) is 2.50. The second kappa shape index (κ2) is 7.96. The first-order valence-electron chi connectivity index (χ1n) is 5.80. The van der Waals surface area contributed by atoms with Crippen LogP contribution in [0.5, 0.6) is 5.75 Å². The number of halogens is 1. The highest BCUT2D eigenvalue weighted by atomic mass is 35.5. The van der Waals surface area contributed by atoms with Crippen molar-refractivity contribution >= 4 is 17.5 Å². The minimum absolute atomic E-state index is 0.0347. The lowest BCUT2D eigenvalue weighted by atomic mass is 10.2. The maximum absolute atomic E-state index is 11.4. The molecular weight excluding hydrogens is 238 g/mol. The van der Waals surface area contributed by atoms with E-state index in [0.717, 1.165) is 11.3 Å². The Morgan fingerprint density at radius 1 is 1.47 bits per heavy atom. The Labute approximate surface area is 107 Å². The van der Waals surface area contributed by atoms with Crippen LogP contribution < -0.4 is 10.1 Å². The van der Waals surface area contributed by atoms with Gasteiger partial charge in [0.25, 0.3) is 0 Å². The van der Waals surface area contributed by atoms with Gasteiger partial charge in [0.15, 0.2) is 0 Å². The zero-order valence-corrected chi connectivity index (χ0v) is 10.8. The molecule has 0 radical (unpaired) electrons. The SMILES string of the molecule is CCOc1cccc(CNC(=O)CCCCl)c1. The Morgan fingerprint density at radius 2 is 2.29 bits per heavy atom. The van der Waals surface area contributed by atoms with Gasteiger partial charge in [-0.15, -0.1) is 11.6 Å². The summed E-state index contributed by atoms with van der Waals surface area (Å²) in [5.41, 5.74) is 1.04. The zero-order chi connectivity index (χ0) is 12.5. The van der Waals surface area contributed by atoms with Gasteiger partial charge in [0, 0.05) is 18.8 Å². The molecule has 0 aromatic heterocycles. The van der Waals surface area contributed by atoms with Gasteiger partial charge in [-0.25, -0.2) is 0 Å². The molecule has 0 fully saturated rings. The molecule has 4 heteroatoms. The van der Waals surface area contributed by atoms with E-state index in [-0.39, 0.29) is 5.91 Å². The zero-order valence-electron chi connectivity index (χ0n) is 10.0. The second-order valence-corrected chi connectivity index (χ2v) is 4.03. The molecule has 0 spiro atoms. The van der Waals surface area contributed by atoms with Gasteiger partial charge in [0.2, 0.25) is 5.91 Å². The van der Waals surface area contributed by atoms with Crippen LogP contribution in [0.25, 0.3) is 0 Å². The number of hydrogen-bond donors (Lipinski definition) is 1. The number of ether oxygens (including phenoxy) is 1. The number of amides is 1. The molecule has 0 atom stereocenters. The summed E-state index contributed by atoms with van der Waals surface area (Å²) in [6, 6.07) is 7.73. The van der Waals surface area contributed by atoms with Crippen LogP contribution in [0.15, 0.2) is 24.3 Å². The molecule has 0 saturated heterocycles. The van der Waals surface area contributed by atoms with Crippen molar-refractivity contribution in [1.29, 1.82) is 0 Å². The molecule has 0 unspecified atom stereocenters. The molecule has 0 bridgehead atoms. The topological polar surface area (TPSA) is 38.3 Å². The Kier molecular flexibility index (Phi) is 6.48. The summed E-state index contributed by atoms with van der Waals surface area (Å²) in [6.45, 7) is 3.12. The molecular formula is C13H18ClNO2. The molecule has 0 heterocycles. The average Bonchev–Trinajstić information content (AvgIpc) is 2.35. The van der Waals surface area contributed by atoms with E-state index in [9.17, 15) is 4.79 Å². The smallest absolute Gasteiger partial charge is 0.220 e. The van der Waals surface area contributed by atoms with Gasteiger partial charge in [-0.2, -0.15) is 0 Å². The van der Waals surface area contributed by atoms with Gasteiger partial charge in [-0.3, -0.25) is 4.79 Å². The molecule has 3 nitrogen and oxygen atoms in total. The molecule has 1 rings (SSSR count). The lowest BCUT2D eigenvalue weighted by Gasteiger charge is -2.07. The van der Waals surface area contributed by atoms with E-state index in [2.05, 4.69) is 5.32 Å². The maximum atomic E-state index is 11.4. The van der Waals surface area contributed by atoms with Crippen molar-refractivity contribution in [3.05, 3.63) is 29.8 Å². The number of carbonyl (C=O) groups is 1. The molecule has 94 valence electrons. The molecule has 1 aromatic rings. The van der Waals surface area contributed by atoms with Crippen LogP contribution in [0, 0.1) is 0 Å². The van der Waals surface area contributed by atoms with Crippen LogP contribution in [0.4, 0.5) is 0 Å². The van der Waals surface area contributed by atoms with E-state index in [4.69, 9.17) is 16.3 Å². The molecule has 1 amide bonds. The van der Waals surface area contributed by atoms with Crippen molar-refractivity contribution in [2.75, 3.05) is 12.5 Å². The van der Waals surface area contributed by atoms with E-state index in [1.165, 1.54) is 0 Å². The van der Waals surface area contributed by atoms with E-state index in [0.29, 0.717) is 31.9 Å². The van der Waals surface area contributed by atoms with Crippen molar-refractivity contribution < 1.29 is 9.53 Å². The Balaban J connectivity index is 2.40. The minimum Gasteiger partial charge on any atom is -0.494 e. The first-order chi connectivity index (χ1) is 8.26. The molecule has 0 aliphatic rings. The van der Waals surface area contributed by atoms with Crippen LogP contribution in [-0.4, -0.2) is 18.4 Å². The van der Waals surface area contributed by atoms with Crippen molar-refractivity contribution in [3.63, 3.8) is 0 Å². The number of nitrogens with one attached hydrogen (secondary N) is 1. The molecule has 17 heavy (non-hydrogen) atoms. The van der Waals surface area contributed by atoms with Gasteiger partial charge in [0.1, 0.15) is 5.75 Å². The van der Waals surface area contributed by atoms with E-state index in [1.807, 2.05) is 31.2 Å². The first kappa shape index (κ1) is 13.8. The third-order valence-electron chi connectivity index (χ3n) is 2.24. The fourth-order valence-electron chi connectivity index (χ4n) is 1.43.